The van der Waals surface area contributed by atoms with Crippen molar-refractivity contribution in [3.63, 3.8) is 0 Å². The van der Waals surface area contributed by atoms with Gasteiger partial charge in [-0.15, -0.1) is 0 Å². The van der Waals surface area contributed by atoms with Gasteiger partial charge >= 0.3 is 5.97 Å². The molecular weight excluding hydrogens is 240 g/mol. The normalized spacial score (nSPS) is 31.3. The number of ether oxygens (including phenoxy) is 1. The van der Waals surface area contributed by atoms with Crippen LogP contribution < -0.4 is 5.32 Å². The van der Waals surface area contributed by atoms with E-state index in [2.05, 4.69) is 10.2 Å². The smallest absolute Gasteiger partial charge is 0.327 e. The second-order valence-electron chi connectivity index (χ2n) is 6.30. The lowest BCUT2D eigenvalue weighted by Gasteiger charge is -2.46. The van der Waals surface area contributed by atoms with E-state index >= 15 is 0 Å². The maximum atomic E-state index is 12.0. The molecule has 19 heavy (non-hydrogen) atoms. The van der Waals surface area contributed by atoms with Crippen molar-refractivity contribution in [3.8, 4) is 0 Å². The Labute approximate surface area is 116 Å². The van der Waals surface area contributed by atoms with E-state index in [-0.39, 0.29) is 5.97 Å². The number of piperidine rings is 1. The van der Waals surface area contributed by atoms with Gasteiger partial charge in [-0.25, -0.2) is 0 Å². The molecule has 1 unspecified atom stereocenters. The first-order valence-corrected chi connectivity index (χ1v) is 7.62. The summed E-state index contributed by atoms with van der Waals surface area (Å²) >= 11 is 0. The molecule has 1 aliphatic heterocycles. The van der Waals surface area contributed by atoms with Crippen LogP contribution in [0, 0.1) is 5.92 Å². The van der Waals surface area contributed by atoms with E-state index in [0.717, 1.165) is 19.0 Å². The molecule has 1 saturated heterocycles. The highest BCUT2D eigenvalue weighted by Gasteiger charge is 2.40. The molecule has 4 heteroatoms. The van der Waals surface area contributed by atoms with Gasteiger partial charge in [0.2, 0.25) is 0 Å². The highest BCUT2D eigenvalue weighted by atomic mass is 16.5. The predicted molar refractivity (Wildman–Crippen MR) is 76.0 cm³/mol. The van der Waals surface area contributed by atoms with Gasteiger partial charge in [0.1, 0.15) is 5.54 Å². The van der Waals surface area contributed by atoms with Crippen LogP contribution in [0.1, 0.15) is 45.4 Å². The molecule has 0 aromatic carbocycles. The van der Waals surface area contributed by atoms with Gasteiger partial charge < -0.3 is 10.1 Å². The molecule has 2 rings (SSSR count). The van der Waals surface area contributed by atoms with E-state index in [1.807, 2.05) is 14.0 Å². The quantitative estimate of drug-likeness (QED) is 0.789. The highest BCUT2D eigenvalue weighted by Crippen LogP contribution is 2.35. The Morgan fingerprint density at radius 3 is 2.68 bits per heavy atom. The van der Waals surface area contributed by atoms with Gasteiger partial charge in [0.25, 0.3) is 0 Å². The van der Waals surface area contributed by atoms with Crippen molar-refractivity contribution in [1.82, 2.24) is 10.2 Å². The van der Waals surface area contributed by atoms with Crippen LogP contribution in [0.4, 0.5) is 0 Å². The third kappa shape index (κ3) is 3.11. The third-order valence-electron chi connectivity index (χ3n) is 5.07. The lowest BCUT2D eigenvalue weighted by Crippen LogP contribution is -2.60. The summed E-state index contributed by atoms with van der Waals surface area (Å²) in [5, 5.41) is 3.16. The molecular formula is C15H28N2O2. The fourth-order valence-corrected chi connectivity index (χ4v) is 3.80. The minimum absolute atomic E-state index is 0.159. The number of hydrogen-bond donors (Lipinski definition) is 1. The summed E-state index contributed by atoms with van der Waals surface area (Å²) in [5.74, 6) is 0.689. The van der Waals surface area contributed by atoms with E-state index in [9.17, 15) is 4.79 Å². The highest BCUT2D eigenvalue weighted by molar-refractivity contribution is 5.80. The van der Waals surface area contributed by atoms with Crippen molar-refractivity contribution in [2.45, 2.75) is 57.0 Å². The summed E-state index contributed by atoms with van der Waals surface area (Å²) in [4.78, 5) is 14.5. The molecule has 3 atom stereocenters. The maximum absolute atomic E-state index is 12.0. The van der Waals surface area contributed by atoms with Crippen LogP contribution in [-0.4, -0.2) is 49.7 Å². The van der Waals surface area contributed by atoms with Crippen LogP contribution in [0.2, 0.25) is 0 Å². The second-order valence-corrected chi connectivity index (χ2v) is 6.30. The number of likely N-dealkylation sites (tertiary alicyclic amines) is 1. The summed E-state index contributed by atoms with van der Waals surface area (Å²) < 4.78 is 4.96. The first-order chi connectivity index (χ1) is 9.10. The average Bonchev–Trinajstić information content (AvgIpc) is 2.46. The molecule has 1 aliphatic carbocycles. The van der Waals surface area contributed by atoms with Gasteiger partial charge in [-0.2, -0.15) is 0 Å². The number of likely N-dealkylation sites (N-methyl/N-ethyl adjacent to an activating group) is 1. The van der Waals surface area contributed by atoms with Crippen molar-refractivity contribution < 1.29 is 9.53 Å². The van der Waals surface area contributed by atoms with Crippen LogP contribution >= 0.6 is 0 Å². The zero-order chi connectivity index (χ0) is 13.9. The van der Waals surface area contributed by atoms with Crippen LogP contribution in [0.25, 0.3) is 0 Å². The number of hydrogen-bond acceptors (Lipinski definition) is 4. The SMILES string of the molecule is CNC(C)(CN1CCC[C@H]2CCCC[C@H]21)C(=O)OC. The monoisotopic (exact) mass is 268 g/mol. The maximum Gasteiger partial charge on any atom is 0.327 e. The Kier molecular flexibility index (Phi) is 4.85. The van der Waals surface area contributed by atoms with Crippen molar-refractivity contribution >= 4 is 5.97 Å². The van der Waals surface area contributed by atoms with Crippen molar-refractivity contribution in [1.29, 1.82) is 0 Å². The predicted octanol–water partition coefficient (Wildman–Crippen LogP) is 1.79. The number of nitrogens with zero attached hydrogens (tertiary/aromatic N) is 1. The number of carbonyl (C=O) groups excluding carboxylic acids is 1. The summed E-state index contributed by atoms with van der Waals surface area (Å²) in [7, 11) is 3.32. The van der Waals surface area contributed by atoms with E-state index < -0.39 is 5.54 Å². The molecule has 0 aromatic rings. The van der Waals surface area contributed by atoms with Crippen molar-refractivity contribution in [3.05, 3.63) is 0 Å². The van der Waals surface area contributed by atoms with Crippen LogP contribution in [-0.2, 0) is 9.53 Å². The van der Waals surface area contributed by atoms with Crippen LogP contribution in [0.5, 0.6) is 0 Å². The zero-order valence-corrected chi connectivity index (χ0v) is 12.6. The van der Waals surface area contributed by atoms with Gasteiger partial charge in [0, 0.05) is 12.6 Å². The number of rotatable bonds is 4. The number of fused-ring (bicyclic) bond motifs is 1. The molecule has 110 valence electrons. The molecule has 1 saturated carbocycles. The van der Waals surface area contributed by atoms with Gasteiger partial charge in [-0.05, 0) is 52.1 Å². The van der Waals surface area contributed by atoms with E-state index in [1.165, 1.54) is 45.6 Å². The fraction of sp³-hybridized carbons (Fsp3) is 0.933. The minimum Gasteiger partial charge on any atom is -0.468 e. The average molecular weight is 268 g/mol. The molecule has 0 radical (unpaired) electrons. The molecule has 4 nitrogen and oxygen atoms in total. The summed E-state index contributed by atoms with van der Waals surface area (Å²) in [6.45, 7) is 3.83. The van der Waals surface area contributed by atoms with E-state index in [0.29, 0.717) is 6.04 Å². The molecule has 0 bridgehead atoms. The van der Waals surface area contributed by atoms with Gasteiger partial charge in [-0.3, -0.25) is 9.69 Å². The number of esters is 1. The fourth-order valence-electron chi connectivity index (χ4n) is 3.80. The molecule has 1 N–H and O–H groups in total. The van der Waals surface area contributed by atoms with E-state index in [1.54, 1.807) is 0 Å². The third-order valence-corrected chi connectivity index (χ3v) is 5.07. The second kappa shape index (κ2) is 6.23. The molecule has 0 aromatic heterocycles. The zero-order valence-electron chi connectivity index (χ0n) is 12.6. The van der Waals surface area contributed by atoms with Gasteiger partial charge in [-0.1, -0.05) is 12.8 Å². The Morgan fingerprint density at radius 1 is 1.32 bits per heavy atom. The Bertz CT molecular complexity index is 319. The van der Waals surface area contributed by atoms with E-state index in [4.69, 9.17) is 4.74 Å². The number of methoxy groups -OCH3 is 1. The Hall–Kier alpha value is -0.610. The standard InChI is InChI=1S/C15H28N2O2/c1-15(16-2,14(18)19-3)11-17-10-6-8-12-7-4-5-9-13(12)17/h12-13,16H,4-11H2,1-3H3/t12-,13-,15?/m1/s1. The van der Waals surface area contributed by atoms with Crippen molar-refractivity contribution in [2.75, 3.05) is 27.2 Å². The van der Waals surface area contributed by atoms with Gasteiger partial charge in [0.15, 0.2) is 0 Å². The molecule has 1 heterocycles. The molecule has 2 fully saturated rings. The Morgan fingerprint density at radius 2 is 2.00 bits per heavy atom. The lowest BCUT2D eigenvalue weighted by atomic mass is 9.78. The first kappa shape index (κ1) is 14.8. The molecule has 0 amide bonds. The number of nitrogens with one attached hydrogen (secondary N) is 1. The van der Waals surface area contributed by atoms with Crippen LogP contribution in [0.15, 0.2) is 0 Å². The van der Waals surface area contributed by atoms with Crippen LogP contribution in [0.3, 0.4) is 0 Å². The number of carbonyl (C=O) groups is 1. The largest absolute Gasteiger partial charge is 0.468 e. The summed E-state index contributed by atoms with van der Waals surface area (Å²) in [6, 6.07) is 0.680. The van der Waals surface area contributed by atoms with Crippen molar-refractivity contribution in [2.24, 2.45) is 5.92 Å². The minimum atomic E-state index is -0.589. The molecule has 0 spiro atoms. The summed E-state index contributed by atoms with van der Waals surface area (Å²) in [6.07, 6.45) is 8.03. The van der Waals surface area contributed by atoms with Gasteiger partial charge in [0.05, 0.1) is 7.11 Å². The topological polar surface area (TPSA) is 41.6 Å². The first-order valence-electron chi connectivity index (χ1n) is 7.62. The lowest BCUT2D eigenvalue weighted by molar-refractivity contribution is -0.149. The Balaban J connectivity index is 2.05. The molecule has 2 aliphatic rings. The summed E-state index contributed by atoms with van der Waals surface area (Å²) in [5.41, 5.74) is -0.589.